The van der Waals surface area contributed by atoms with Gasteiger partial charge in [0.2, 0.25) is 0 Å². The molecule has 2 aromatic carbocycles. The van der Waals surface area contributed by atoms with Gasteiger partial charge in [0, 0.05) is 18.0 Å². The van der Waals surface area contributed by atoms with E-state index in [4.69, 9.17) is 16.3 Å². The molecule has 0 aliphatic heterocycles. The van der Waals surface area contributed by atoms with Gasteiger partial charge in [-0.15, -0.1) is 11.3 Å². The number of carbonyl (C=O) groups excluding carboxylic acids is 1. The summed E-state index contributed by atoms with van der Waals surface area (Å²) >= 11 is 7.52. The molecule has 4 rings (SSSR count). The van der Waals surface area contributed by atoms with Crippen molar-refractivity contribution in [1.29, 1.82) is 0 Å². The van der Waals surface area contributed by atoms with Crippen molar-refractivity contribution < 1.29 is 9.53 Å². The van der Waals surface area contributed by atoms with Crippen molar-refractivity contribution in [1.82, 2.24) is 5.32 Å². The molecular formula is C22H18ClNO2S. The van der Waals surface area contributed by atoms with E-state index in [1.165, 1.54) is 33.6 Å². The molecule has 3 nitrogen and oxygen atoms in total. The zero-order chi connectivity index (χ0) is 18.6. The van der Waals surface area contributed by atoms with Crippen LogP contribution in [0, 0.1) is 0 Å². The second kappa shape index (κ2) is 7.99. The summed E-state index contributed by atoms with van der Waals surface area (Å²) in [6, 6.07) is 18.5. The highest BCUT2D eigenvalue weighted by Crippen LogP contribution is 2.44. The van der Waals surface area contributed by atoms with Gasteiger partial charge in [-0.1, -0.05) is 72.3 Å². The molecule has 0 atom stereocenters. The summed E-state index contributed by atoms with van der Waals surface area (Å²) < 4.78 is 6.24. The molecular weight excluding hydrogens is 378 g/mol. The first-order valence-electron chi connectivity index (χ1n) is 8.72. The maximum absolute atomic E-state index is 12.1. The molecule has 0 saturated carbocycles. The quantitative estimate of drug-likeness (QED) is 0.579. The van der Waals surface area contributed by atoms with Gasteiger partial charge in [0.25, 0.3) is 0 Å². The van der Waals surface area contributed by atoms with Gasteiger partial charge in [0.15, 0.2) is 0 Å². The average molecular weight is 396 g/mol. The number of carbonyl (C=O) groups is 1. The van der Waals surface area contributed by atoms with Crippen LogP contribution in [0.1, 0.15) is 22.6 Å². The van der Waals surface area contributed by atoms with Crippen LogP contribution < -0.4 is 5.32 Å². The molecule has 1 heterocycles. The van der Waals surface area contributed by atoms with E-state index in [9.17, 15) is 4.79 Å². The number of benzene rings is 2. The lowest BCUT2D eigenvalue weighted by Crippen LogP contribution is -2.26. The van der Waals surface area contributed by atoms with Gasteiger partial charge in [0.1, 0.15) is 10.9 Å². The summed E-state index contributed by atoms with van der Waals surface area (Å²) in [7, 11) is 0. The minimum Gasteiger partial charge on any atom is -0.449 e. The highest BCUT2D eigenvalue weighted by Gasteiger charge is 2.28. The van der Waals surface area contributed by atoms with Crippen LogP contribution in [-0.4, -0.2) is 19.2 Å². The number of halogens is 1. The third-order valence-electron chi connectivity index (χ3n) is 4.65. The first-order valence-corrected chi connectivity index (χ1v) is 9.98. The predicted octanol–water partition coefficient (Wildman–Crippen LogP) is 5.95. The van der Waals surface area contributed by atoms with Crippen molar-refractivity contribution in [3.8, 4) is 11.1 Å². The van der Waals surface area contributed by atoms with E-state index in [-0.39, 0.29) is 5.92 Å². The summed E-state index contributed by atoms with van der Waals surface area (Å²) in [6.45, 7) is 0.711. The highest BCUT2D eigenvalue weighted by molar-refractivity contribution is 7.14. The molecule has 136 valence electrons. The molecule has 0 unspecified atom stereocenters. The minimum atomic E-state index is -0.419. The molecule has 1 aromatic heterocycles. The second-order valence-corrected chi connectivity index (χ2v) is 7.78. The van der Waals surface area contributed by atoms with Crippen molar-refractivity contribution in [2.45, 2.75) is 5.92 Å². The third-order valence-corrected chi connectivity index (χ3v) is 5.85. The normalized spacial score (nSPS) is 12.8. The van der Waals surface area contributed by atoms with Gasteiger partial charge in [-0.2, -0.15) is 0 Å². The molecule has 27 heavy (non-hydrogen) atoms. The Kier molecular flexibility index (Phi) is 5.28. The summed E-state index contributed by atoms with van der Waals surface area (Å²) in [4.78, 5) is 12.1. The molecule has 1 aliphatic rings. The van der Waals surface area contributed by atoms with Gasteiger partial charge in [-0.3, -0.25) is 0 Å². The zero-order valence-electron chi connectivity index (χ0n) is 14.5. The molecule has 0 radical (unpaired) electrons. The number of fused-ring (bicyclic) bond motifs is 3. The van der Waals surface area contributed by atoms with Crippen LogP contribution in [0.25, 0.3) is 17.2 Å². The maximum Gasteiger partial charge on any atom is 0.407 e. The molecule has 3 aromatic rings. The lowest BCUT2D eigenvalue weighted by atomic mass is 9.98. The van der Waals surface area contributed by atoms with Gasteiger partial charge < -0.3 is 10.1 Å². The second-order valence-electron chi connectivity index (χ2n) is 6.26. The predicted molar refractivity (Wildman–Crippen MR) is 111 cm³/mol. The fraction of sp³-hybridized carbons (Fsp3) is 0.136. The van der Waals surface area contributed by atoms with Crippen LogP contribution in [0.4, 0.5) is 4.79 Å². The molecule has 0 spiro atoms. The van der Waals surface area contributed by atoms with Crippen LogP contribution in [0.15, 0.2) is 66.1 Å². The Morgan fingerprint density at radius 3 is 2.37 bits per heavy atom. The van der Waals surface area contributed by atoms with Crippen molar-refractivity contribution in [3.05, 3.63) is 87.1 Å². The molecule has 0 bridgehead atoms. The SMILES string of the molecule is O=C(NCC=Cc1ccsc1Cl)OCC1c2ccccc2-c2ccccc21. The topological polar surface area (TPSA) is 38.3 Å². The number of ether oxygens (including phenoxy) is 1. The monoisotopic (exact) mass is 395 g/mol. The number of nitrogens with one attached hydrogen (secondary N) is 1. The third kappa shape index (κ3) is 3.77. The maximum atomic E-state index is 12.1. The van der Waals surface area contributed by atoms with Crippen LogP contribution in [0.5, 0.6) is 0 Å². The Morgan fingerprint density at radius 1 is 1.07 bits per heavy atom. The van der Waals surface area contributed by atoms with E-state index < -0.39 is 6.09 Å². The number of amides is 1. The average Bonchev–Trinajstić information content (AvgIpc) is 3.25. The Balaban J connectivity index is 1.35. The van der Waals surface area contributed by atoms with E-state index in [0.29, 0.717) is 13.2 Å². The molecule has 0 fully saturated rings. The Morgan fingerprint density at radius 2 is 1.74 bits per heavy atom. The van der Waals surface area contributed by atoms with Crippen molar-refractivity contribution in [2.75, 3.05) is 13.2 Å². The summed E-state index contributed by atoms with van der Waals surface area (Å²) in [5, 5.41) is 4.68. The number of alkyl carbamates (subject to hydrolysis) is 1. The van der Waals surface area contributed by atoms with Crippen molar-refractivity contribution in [2.24, 2.45) is 0 Å². The Hall–Kier alpha value is -2.56. The van der Waals surface area contributed by atoms with E-state index in [2.05, 4.69) is 29.6 Å². The van der Waals surface area contributed by atoms with Gasteiger partial charge in [-0.25, -0.2) is 4.79 Å². The fourth-order valence-electron chi connectivity index (χ4n) is 3.40. The van der Waals surface area contributed by atoms with Crippen LogP contribution in [0.3, 0.4) is 0 Å². The van der Waals surface area contributed by atoms with Gasteiger partial charge in [-0.05, 0) is 33.7 Å². The smallest absolute Gasteiger partial charge is 0.407 e. The van der Waals surface area contributed by atoms with Gasteiger partial charge in [0.05, 0.1) is 0 Å². The fourth-order valence-corrected chi connectivity index (χ4v) is 4.29. The van der Waals surface area contributed by atoms with E-state index in [0.717, 1.165) is 9.90 Å². The van der Waals surface area contributed by atoms with E-state index >= 15 is 0 Å². The van der Waals surface area contributed by atoms with E-state index in [1.54, 1.807) is 0 Å². The number of hydrogen-bond donors (Lipinski definition) is 1. The first kappa shape index (κ1) is 17.8. The lowest BCUT2D eigenvalue weighted by molar-refractivity contribution is 0.144. The molecule has 0 saturated heterocycles. The number of rotatable bonds is 5. The minimum absolute atomic E-state index is 0.0725. The Bertz CT molecular complexity index is 950. The summed E-state index contributed by atoms with van der Waals surface area (Å²) in [5.41, 5.74) is 5.81. The molecule has 1 amide bonds. The molecule has 1 N–H and O–H groups in total. The number of hydrogen-bond acceptors (Lipinski definition) is 3. The van der Waals surface area contributed by atoms with Crippen molar-refractivity contribution in [3.63, 3.8) is 0 Å². The lowest BCUT2D eigenvalue weighted by Gasteiger charge is -2.14. The Labute approximate surface area is 167 Å². The number of thiophene rings is 1. The van der Waals surface area contributed by atoms with Gasteiger partial charge >= 0.3 is 6.09 Å². The zero-order valence-corrected chi connectivity index (χ0v) is 16.1. The first-order chi connectivity index (χ1) is 13.2. The van der Waals surface area contributed by atoms with E-state index in [1.807, 2.05) is 47.9 Å². The van der Waals surface area contributed by atoms with Crippen LogP contribution in [-0.2, 0) is 4.74 Å². The van der Waals surface area contributed by atoms with Crippen LogP contribution >= 0.6 is 22.9 Å². The highest BCUT2D eigenvalue weighted by atomic mass is 35.5. The van der Waals surface area contributed by atoms with Crippen molar-refractivity contribution >= 4 is 35.1 Å². The molecule has 1 aliphatic carbocycles. The summed E-state index contributed by atoms with van der Waals surface area (Å²) in [6.07, 6.45) is 3.33. The largest absolute Gasteiger partial charge is 0.449 e. The summed E-state index contributed by atoms with van der Waals surface area (Å²) in [5.74, 6) is 0.0725. The van der Waals surface area contributed by atoms with Crippen LogP contribution in [0.2, 0.25) is 4.34 Å². The molecule has 5 heteroatoms. The standard InChI is InChI=1S/C22H18ClNO2S/c23-21-15(11-13-27-21)6-5-12-24-22(25)26-14-20-18-9-3-1-7-16(18)17-8-2-4-10-19(17)20/h1-11,13,20H,12,14H2,(H,24,25).